The summed E-state index contributed by atoms with van der Waals surface area (Å²) in [4.78, 5) is 44.6. The largest absolute Gasteiger partial charge is 0.367 e. The van der Waals surface area contributed by atoms with Crippen molar-refractivity contribution in [3.05, 3.63) is 64.7 Å². The molecule has 33 heavy (non-hydrogen) atoms. The molecular formula is C27H31N3O3. The van der Waals surface area contributed by atoms with E-state index in [1.807, 2.05) is 17.0 Å². The standard InChI is InChI=1S/C27H31N3O3/c1-19-9-11-20(12-10-19)13-14-24(31)29-17-15-28(16-18-29)23-8-4-7-22-25(23)27(33)30(26(22)32)21-5-2-3-6-21/h4,7-12,21H,2-3,5-6,13-18H2,1H3. The first-order valence-electron chi connectivity index (χ1n) is 12.1. The summed E-state index contributed by atoms with van der Waals surface area (Å²) in [6, 6.07) is 14.0. The molecule has 6 nitrogen and oxygen atoms in total. The van der Waals surface area contributed by atoms with Crippen LogP contribution < -0.4 is 4.90 Å². The molecule has 0 aromatic heterocycles. The molecule has 5 rings (SSSR count). The van der Waals surface area contributed by atoms with Crippen molar-refractivity contribution in [2.45, 2.75) is 51.5 Å². The highest BCUT2D eigenvalue weighted by Crippen LogP contribution is 2.36. The lowest BCUT2D eigenvalue weighted by atomic mass is 10.1. The van der Waals surface area contributed by atoms with Crippen LogP contribution in [0.4, 0.5) is 5.69 Å². The molecule has 1 saturated heterocycles. The van der Waals surface area contributed by atoms with E-state index in [9.17, 15) is 14.4 Å². The molecule has 172 valence electrons. The van der Waals surface area contributed by atoms with Crippen LogP contribution >= 0.6 is 0 Å². The van der Waals surface area contributed by atoms with Crippen molar-refractivity contribution in [2.24, 2.45) is 0 Å². The number of piperazine rings is 1. The number of rotatable bonds is 5. The molecule has 3 amide bonds. The third kappa shape index (κ3) is 4.14. The zero-order valence-electron chi connectivity index (χ0n) is 19.3. The van der Waals surface area contributed by atoms with Crippen LogP contribution in [0.1, 0.15) is 63.9 Å². The Bertz CT molecular complexity index is 1060. The molecular weight excluding hydrogens is 414 g/mol. The summed E-state index contributed by atoms with van der Waals surface area (Å²) in [5.74, 6) is -0.116. The van der Waals surface area contributed by atoms with Gasteiger partial charge in [0.1, 0.15) is 0 Å². The van der Waals surface area contributed by atoms with E-state index in [1.54, 1.807) is 6.07 Å². The Balaban J connectivity index is 1.23. The van der Waals surface area contributed by atoms with Crippen LogP contribution in [0.15, 0.2) is 42.5 Å². The van der Waals surface area contributed by atoms with Gasteiger partial charge in [-0.15, -0.1) is 0 Å². The summed E-state index contributed by atoms with van der Waals surface area (Å²) in [5.41, 5.74) is 4.32. The highest BCUT2D eigenvalue weighted by atomic mass is 16.2. The van der Waals surface area contributed by atoms with Crippen LogP contribution in [0.25, 0.3) is 0 Å². The van der Waals surface area contributed by atoms with Crippen LogP contribution in [0, 0.1) is 6.92 Å². The van der Waals surface area contributed by atoms with Gasteiger partial charge in [0.25, 0.3) is 11.8 Å². The summed E-state index contributed by atoms with van der Waals surface area (Å²) in [6.45, 7) is 4.65. The van der Waals surface area contributed by atoms with Crippen molar-refractivity contribution in [2.75, 3.05) is 31.1 Å². The number of hydrogen-bond acceptors (Lipinski definition) is 4. The van der Waals surface area contributed by atoms with Gasteiger partial charge in [-0.3, -0.25) is 19.3 Å². The minimum Gasteiger partial charge on any atom is -0.367 e. The van der Waals surface area contributed by atoms with Crippen LogP contribution in [-0.4, -0.2) is 59.7 Å². The van der Waals surface area contributed by atoms with E-state index in [1.165, 1.54) is 16.0 Å². The molecule has 0 spiro atoms. The second-order valence-electron chi connectivity index (χ2n) is 9.47. The van der Waals surface area contributed by atoms with Gasteiger partial charge in [0.05, 0.1) is 16.8 Å². The van der Waals surface area contributed by atoms with E-state index in [0.717, 1.165) is 37.8 Å². The van der Waals surface area contributed by atoms with E-state index >= 15 is 0 Å². The first-order valence-corrected chi connectivity index (χ1v) is 12.1. The van der Waals surface area contributed by atoms with E-state index < -0.39 is 0 Å². The number of hydrogen-bond donors (Lipinski definition) is 0. The molecule has 0 radical (unpaired) electrons. The van der Waals surface area contributed by atoms with Gasteiger partial charge < -0.3 is 9.80 Å². The molecule has 0 unspecified atom stereocenters. The molecule has 0 N–H and O–H groups in total. The monoisotopic (exact) mass is 445 g/mol. The Morgan fingerprint density at radius 2 is 1.61 bits per heavy atom. The maximum absolute atomic E-state index is 13.3. The molecule has 2 aliphatic heterocycles. The van der Waals surface area contributed by atoms with Gasteiger partial charge >= 0.3 is 0 Å². The van der Waals surface area contributed by atoms with Gasteiger partial charge in [0.15, 0.2) is 0 Å². The second-order valence-corrected chi connectivity index (χ2v) is 9.47. The lowest BCUT2D eigenvalue weighted by molar-refractivity contribution is -0.131. The highest BCUT2D eigenvalue weighted by Gasteiger charge is 2.43. The van der Waals surface area contributed by atoms with Gasteiger partial charge in [-0.2, -0.15) is 0 Å². The number of carbonyl (C=O) groups excluding carboxylic acids is 3. The maximum atomic E-state index is 13.3. The number of benzene rings is 2. The maximum Gasteiger partial charge on any atom is 0.263 e. The SMILES string of the molecule is Cc1ccc(CCC(=O)N2CCN(c3cccc4c3C(=O)N(C3CCCC3)C4=O)CC2)cc1. The van der Waals surface area contributed by atoms with Gasteiger partial charge in [0.2, 0.25) is 5.91 Å². The number of nitrogens with zero attached hydrogens (tertiary/aromatic N) is 3. The first kappa shape index (κ1) is 21.7. The summed E-state index contributed by atoms with van der Waals surface area (Å²) in [6.07, 6.45) is 5.22. The smallest absolute Gasteiger partial charge is 0.263 e. The number of anilines is 1. The van der Waals surface area contributed by atoms with Crippen molar-refractivity contribution >= 4 is 23.4 Å². The molecule has 2 fully saturated rings. The third-order valence-corrected chi connectivity index (χ3v) is 7.34. The zero-order chi connectivity index (χ0) is 22.9. The summed E-state index contributed by atoms with van der Waals surface area (Å²) < 4.78 is 0. The van der Waals surface area contributed by atoms with Crippen LogP contribution in [-0.2, 0) is 11.2 Å². The van der Waals surface area contributed by atoms with E-state index in [-0.39, 0.29) is 23.8 Å². The number of fused-ring (bicyclic) bond motifs is 1. The minimum atomic E-state index is -0.145. The molecule has 2 aromatic rings. The Labute approximate surface area is 195 Å². The first-order chi connectivity index (χ1) is 16.0. The fourth-order valence-electron chi connectivity index (χ4n) is 5.40. The van der Waals surface area contributed by atoms with Crippen LogP contribution in [0.3, 0.4) is 0 Å². The zero-order valence-corrected chi connectivity index (χ0v) is 19.3. The van der Waals surface area contributed by atoms with Gasteiger partial charge in [-0.25, -0.2) is 0 Å². The number of amides is 3. The Hall–Kier alpha value is -3.15. The van der Waals surface area contributed by atoms with E-state index in [0.29, 0.717) is 43.7 Å². The molecule has 1 aliphatic carbocycles. The predicted molar refractivity (Wildman–Crippen MR) is 127 cm³/mol. The molecule has 3 aliphatic rings. The quantitative estimate of drug-likeness (QED) is 0.657. The number of aryl methyl sites for hydroxylation is 2. The van der Waals surface area contributed by atoms with Crippen molar-refractivity contribution in [3.8, 4) is 0 Å². The minimum absolute atomic E-state index is 0.0354. The topological polar surface area (TPSA) is 60.9 Å². The average molecular weight is 446 g/mol. The molecule has 6 heteroatoms. The Morgan fingerprint density at radius 1 is 0.909 bits per heavy atom. The third-order valence-electron chi connectivity index (χ3n) is 7.34. The average Bonchev–Trinajstić information content (AvgIpc) is 3.45. The Kier molecular flexibility index (Phi) is 5.92. The molecule has 1 saturated carbocycles. The lowest BCUT2D eigenvalue weighted by Gasteiger charge is -2.37. The van der Waals surface area contributed by atoms with Gasteiger partial charge in [-0.05, 0) is 43.9 Å². The molecule has 0 atom stereocenters. The van der Waals surface area contributed by atoms with Gasteiger partial charge in [-0.1, -0.05) is 48.7 Å². The number of imide groups is 1. The van der Waals surface area contributed by atoms with Crippen molar-refractivity contribution in [1.82, 2.24) is 9.80 Å². The molecule has 2 heterocycles. The van der Waals surface area contributed by atoms with E-state index in [2.05, 4.69) is 36.1 Å². The van der Waals surface area contributed by atoms with Crippen LogP contribution in [0.5, 0.6) is 0 Å². The highest BCUT2D eigenvalue weighted by molar-refractivity contribution is 6.24. The predicted octanol–water partition coefficient (Wildman–Crippen LogP) is 3.82. The second kappa shape index (κ2) is 9.00. The molecule has 0 bridgehead atoms. The van der Waals surface area contributed by atoms with Gasteiger partial charge in [0, 0.05) is 38.6 Å². The summed E-state index contributed by atoms with van der Waals surface area (Å²) in [7, 11) is 0. The van der Waals surface area contributed by atoms with Crippen molar-refractivity contribution < 1.29 is 14.4 Å². The Morgan fingerprint density at radius 3 is 2.30 bits per heavy atom. The fraction of sp³-hybridized carbons (Fsp3) is 0.444. The summed E-state index contributed by atoms with van der Waals surface area (Å²) >= 11 is 0. The lowest BCUT2D eigenvalue weighted by Crippen LogP contribution is -2.49. The van der Waals surface area contributed by atoms with Crippen molar-refractivity contribution in [3.63, 3.8) is 0 Å². The van der Waals surface area contributed by atoms with Crippen LogP contribution in [0.2, 0.25) is 0 Å². The normalized spacial score (nSPS) is 18.9. The fourth-order valence-corrected chi connectivity index (χ4v) is 5.40. The van der Waals surface area contributed by atoms with E-state index in [4.69, 9.17) is 0 Å². The number of carbonyl (C=O) groups is 3. The molecule has 2 aromatic carbocycles. The van der Waals surface area contributed by atoms with Crippen molar-refractivity contribution in [1.29, 1.82) is 0 Å². The summed E-state index contributed by atoms with van der Waals surface area (Å²) in [5, 5.41) is 0.